The van der Waals surface area contributed by atoms with Crippen molar-refractivity contribution in [1.29, 1.82) is 0 Å². The number of carbonyl (C=O) groups excluding carboxylic acids is 1. The van der Waals surface area contributed by atoms with E-state index < -0.39 is 0 Å². The van der Waals surface area contributed by atoms with E-state index in [0.29, 0.717) is 17.1 Å². The molecule has 0 bridgehead atoms. The van der Waals surface area contributed by atoms with Crippen molar-refractivity contribution >= 4 is 5.78 Å². The standard InChI is InChI=1S/C16H30N2O/c1-4-14-6-7-16(12-15(14)19)8-11-18(13-16)10-5-9-17(2)3/h14H,4-13H2,1-3H3. The third-order valence-electron chi connectivity index (χ3n) is 5.12. The number of hydrogen-bond donors (Lipinski definition) is 0. The van der Waals surface area contributed by atoms with Gasteiger partial charge in [-0.25, -0.2) is 0 Å². The van der Waals surface area contributed by atoms with Gasteiger partial charge in [-0.15, -0.1) is 0 Å². The molecule has 2 atom stereocenters. The smallest absolute Gasteiger partial charge is 0.136 e. The second kappa shape index (κ2) is 6.36. The molecule has 2 aliphatic rings. The molecule has 0 amide bonds. The van der Waals surface area contributed by atoms with E-state index in [0.717, 1.165) is 19.3 Å². The average molecular weight is 266 g/mol. The van der Waals surface area contributed by atoms with Gasteiger partial charge in [0.05, 0.1) is 0 Å². The van der Waals surface area contributed by atoms with E-state index in [1.165, 1.54) is 45.4 Å². The second-order valence-electron chi connectivity index (χ2n) is 6.97. The lowest BCUT2D eigenvalue weighted by Crippen LogP contribution is -2.36. The Morgan fingerprint density at radius 2 is 2.16 bits per heavy atom. The van der Waals surface area contributed by atoms with Crippen molar-refractivity contribution in [2.75, 3.05) is 40.3 Å². The lowest BCUT2D eigenvalue weighted by Gasteiger charge is -2.36. The number of carbonyl (C=O) groups is 1. The van der Waals surface area contributed by atoms with Gasteiger partial charge < -0.3 is 9.80 Å². The first-order chi connectivity index (χ1) is 9.04. The maximum atomic E-state index is 12.2. The molecule has 0 aromatic heterocycles. The highest BCUT2D eigenvalue weighted by Crippen LogP contribution is 2.44. The van der Waals surface area contributed by atoms with Crippen LogP contribution in [0.4, 0.5) is 0 Å². The third kappa shape index (κ3) is 3.79. The van der Waals surface area contributed by atoms with E-state index in [4.69, 9.17) is 0 Å². The normalized spacial score (nSPS) is 32.6. The van der Waals surface area contributed by atoms with Gasteiger partial charge in [-0.1, -0.05) is 6.92 Å². The van der Waals surface area contributed by atoms with Crippen molar-refractivity contribution in [1.82, 2.24) is 9.80 Å². The van der Waals surface area contributed by atoms with E-state index in [1.54, 1.807) is 0 Å². The molecule has 1 heterocycles. The average Bonchev–Trinajstić information content (AvgIpc) is 2.72. The Morgan fingerprint density at radius 3 is 2.79 bits per heavy atom. The molecule has 3 nitrogen and oxygen atoms in total. The van der Waals surface area contributed by atoms with Crippen LogP contribution in [0.25, 0.3) is 0 Å². The van der Waals surface area contributed by atoms with Crippen LogP contribution in [0.15, 0.2) is 0 Å². The fraction of sp³-hybridized carbons (Fsp3) is 0.938. The quantitative estimate of drug-likeness (QED) is 0.763. The zero-order valence-electron chi connectivity index (χ0n) is 13.0. The Labute approximate surface area is 118 Å². The van der Waals surface area contributed by atoms with Crippen molar-refractivity contribution < 1.29 is 4.79 Å². The SMILES string of the molecule is CCC1CCC2(CCN(CCCN(C)C)C2)CC1=O. The van der Waals surface area contributed by atoms with Gasteiger partial charge >= 0.3 is 0 Å². The number of nitrogens with zero attached hydrogens (tertiary/aromatic N) is 2. The number of Topliss-reactive ketones (excluding diaryl/α,β-unsaturated/α-hetero) is 1. The predicted molar refractivity (Wildman–Crippen MR) is 79.3 cm³/mol. The summed E-state index contributed by atoms with van der Waals surface area (Å²) in [6.07, 6.45) is 6.81. The van der Waals surface area contributed by atoms with Crippen LogP contribution in [0.2, 0.25) is 0 Å². The molecule has 19 heavy (non-hydrogen) atoms. The molecule has 0 aromatic carbocycles. The van der Waals surface area contributed by atoms with Gasteiger partial charge in [0.2, 0.25) is 0 Å². The number of rotatable bonds is 5. The minimum atomic E-state index is 0.348. The minimum absolute atomic E-state index is 0.348. The Morgan fingerprint density at radius 1 is 1.37 bits per heavy atom. The molecule has 1 saturated heterocycles. The summed E-state index contributed by atoms with van der Waals surface area (Å²) in [7, 11) is 4.27. The van der Waals surface area contributed by atoms with Crippen LogP contribution in [-0.2, 0) is 4.79 Å². The summed E-state index contributed by atoms with van der Waals surface area (Å²) in [5.41, 5.74) is 0.348. The molecule has 2 rings (SSSR count). The monoisotopic (exact) mass is 266 g/mol. The summed E-state index contributed by atoms with van der Waals surface area (Å²) in [4.78, 5) is 17.0. The summed E-state index contributed by atoms with van der Waals surface area (Å²) in [6, 6.07) is 0. The van der Waals surface area contributed by atoms with E-state index in [1.807, 2.05) is 0 Å². The molecule has 1 aliphatic carbocycles. The molecule has 2 fully saturated rings. The Hall–Kier alpha value is -0.410. The molecule has 0 aromatic rings. The van der Waals surface area contributed by atoms with Crippen molar-refractivity contribution in [3.63, 3.8) is 0 Å². The van der Waals surface area contributed by atoms with Crippen LogP contribution >= 0.6 is 0 Å². The molecular weight excluding hydrogens is 236 g/mol. The highest BCUT2D eigenvalue weighted by molar-refractivity contribution is 5.82. The summed E-state index contributed by atoms with van der Waals surface area (Å²) >= 11 is 0. The third-order valence-corrected chi connectivity index (χ3v) is 5.12. The Kier molecular flexibility index (Phi) is 5.02. The maximum absolute atomic E-state index is 12.2. The van der Waals surface area contributed by atoms with Crippen LogP contribution in [0, 0.1) is 11.3 Å². The molecule has 1 saturated carbocycles. The van der Waals surface area contributed by atoms with Crippen LogP contribution < -0.4 is 0 Å². The molecule has 110 valence electrons. The maximum Gasteiger partial charge on any atom is 0.136 e. The van der Waals surface area contributed by atoms with Gasteiger partial charge in [0.15, 0.2) is 0 Å². The van der Waals surface area contributed by atoms with E-state index in [9.17, 15) is 4.79 Å². The highest BCUT2D eigenvalue weighted by atomic mass is 16.1. The number of hydrogen-bond acceptors (Lipinski definition) is 3. The molecule has 0 radical (unpaired) electrons. The Bertz CT molecular complexity index is 316. The van der Waals surface area contributed by atoms with Gasteiger partial charge in [-0.05, 0) is 71.2 Å². The van der Waals surface area contributed by atoms with Crippen LogP contribution in [0.1, 0.15) is 45.4 Å². The highest BCUT2D eigenvalue weighted by Gasteiger charge is 2.43. The fourth-order valence-electron chi connectivity index (χ4n) is 3.85. The zero-order chi connectivity index (χ0) is 13.9. The van der Waals surface area contributed by atoms with Gasteiger partial charge in [0.25, 0.3) is 0 Å². The molecule has 2 unspecified atom stereocenters. The fourth-order valence-corrected chi connectivity index (χ4v) is 3.85. The molecule has 1 aliphatic heterocycles. The molecule has 0 N–H and O–H groups in total. The van der Waals surface area contributed by atoms with E-state index in [-0.39, 0.29) is 0 Å². The first-order valence-electron chi connectivity index (χ1n) is 7.94. The molecule has 3 heteroatoms. The largest absolute Gasteiger partial charge is 0.309 e. The molecular formula is C16H30N2O. The lowest BCUT2D eigenvalue weighted by molar-refractivity contribution is -0.128. The van der Waals surface area contributed by atoms with Crippen LogP contribution in [0.3, 0.4) is 0 Å². The summed E-state index contributed by atoms with van der Waals surface area (Å²) < 4.78 is 0. The van der Waals surface area contributed by atoms with Gasteiger partial charge in [0, 0.05) is 18.9 Å². The number of ketones is 1. The minimum Gasteiger partial charge on any atom is -0.309 e. The van der Waals surface area contributed by atoms with Gasteiger partial charge in [-0.2, -0.15) is 0 Å². The lowest BCUT2D eigenvalue weighted by atomic mass is 9.69. The summed E-state index contributed by atoms with van der Waals surface area (Å²) in [6.45, 7) is 6.90. The van der Waals surface area contributed by atoms with Crippen LogP contribution in [0.5, 0.6) is 0 Å². The molecule has 1 spiro atoms. The zero-order valence-corrected chi connectivity index (χ0v) is 13.0. The first-order valence-corrected chi connectivity index (χ1v) is 7.94. The van der Waals surface area contributed by atoms with E-state index >= 15 is 0 Å². The van der Waals surface area contributed by atoms with Crippen molar-refractivity contribution in [3.8, 4) is 0 Å². The predicted octanol–water partition coefficient (Wildman–Crippen LogP) is 2.41. The Balaban J connectivity index is 1.79. The summed E-state index contributed by atoms with van der Waals surface area (Å²) in [5, 5.41) is 0. The first kappa shape index (κ1) is 15.0. The topological polar surface area (TPSA) is 23.6 Å². The van der Waals surface area contributed by atoms with Crippen molar-refractivity contribution in [2.45, 2.75) is 45.4 Å². The second-order valence-corrected chi connectivity index (χ2v) is 6.97. The van der Waals surface area contributed by atoms with Gasteiger partial charge in [0.1, 0.15) is 5.78 Å². The van der Waals surface area contributed by atoms with E-state index in [2.05, 4.69) is 30.8 Å². The van der Waals surface area contributed by atoms with Gasteiger partial charge in [-0.3, -0.25) is 4.79 Å². The number of likely N-dealkylation sites (tertiary alicyclic amines) is 1. The van der Waals surface area contributed by atoms with Crippen LogP contribution in [-0.4, -0.2) is 55.9 Å². The van der Waals surface area contributed by atoms with Crippen molar-refractivity contribution in [3.05, 3.63) is 0 Å². The van der Waals surface area contributed by atoms with Crippen molar-refractivity contribution in [2.24, 2.45) is 11.3 Å². The summed E-state index contributed by atoms with van der Waals surface area (Å²) in [5.74, 6) is 0.914.